The van der Waals surface area contributed by atoms with Crippen molar-refractivity contribution in [3.63, 3.8) is 0 Å². The molecule has 8 heteroatoms. The number of nitrogens with zero attached hydrogens (tertiary/aromatic N) is 6. The Bertz CT molecular complexity index is 644. The van der Waals surface area contributed by atoms with Gasteiger partial charge in [-0.2, -0.15) is 0 Å². The summed E-state index contributed by atoms with van der Waals surface area (Å²) in [5.74, 6) is -0.0566. The predicted molar refractivity (Wildman–Crippen MR) is 74.4 cm³/mol. The molecule has 0 aliphatic carbocycles. The first-order valence-electron chi connectivity index (χ1n) is 5.95. The lowest BCUT2D eigenvalue weighted by Gasteiger charge is -2.00. The smallest absolute Gasteiger partial charge is 0.183 e. The fourth-order valence-electron chi connectivity index (χ4n) is 1.57. The number of ketones is 1. The number of thiazole rings is 1. The molecule has 0 radical (unpaired) electrons. The topological polar surface area (TPSA) is 104 Å². The van der Waals surface area contributed by atoms with Gasteiger partial charge in [0.15, 0.2) is 5.78 Å². The number of azide groups is 1. The lowest BCUT2D eigenvalue weighted by Crippen LogP contribution is -2.05. The van der Waals surface area contributed by atoms with Crippen LogP contribution >= 0.6 is 11.3 Å². The van der Waals surface area contributed by atoms with Gasteiger partial charge in [0, 0.05) is 28.6 Å². The molecule has 2 aromatic heterocycles. The van der Waals surface area contributed by atoms with Crippen molar-refractivity contribution in [2.24, 2.45) is 5.11 Å². The minimum atomic E-state index is -0.0566. The van der Waals surface area contributed by atoms with Crippen LogP contribution in [0.3, 0.4) is 0 Å². The van der Waals surface area contributed by atoms with E-state index in [4.69, 9.17) is 5.53 Å². The zero-order valence-corrected chi connectivity index (χ0v) is 11.7. The van der Waals surface area contributed by atoms with Crippen molar-refractivity contribution in [2.45, 2.75) is 26.3 Å². The summed E-state index contributed by atoms with van der Waals surface area (Å²) >= 11 is 1.59. The van der Waals surface area contributed by atoms with Gasteiger partial charge in [-0.3, -0.25) is 9.78 Å². The Morgan fingerprint density at radius 3 is 2.80 bits per heavy atom. The molecule has 2 heterocycles. The normalized spacial score (nSPS) is 10.1. The minimum absolute atomic E-state index is 0.0566. The Hall–Kier alpha value is -2.31. The summed E-state index contributed by atoms with van der Waals surface area (Å²) < 4.78 is 0. The molecule has 0 amide bonds. The van der Waals surface area contributed by atoms with E-state index in [9.17, 15) is 4.79 Å². The second kappa shape index (κ2) is 6.74. The van der Waals surface area contributed by atoms with Crippen LogP contribution < -0.4 is 0 Å². The molecule has 7 nitrogen and oxygen atoms in total. The molecule has 2 aromatic rings. The number of carbonyl (C=O) groups excluding carboxylic acids is 1. The first-order valence-corrected chi connectivity index (χ1v) is 6.77. The number of Topliss-reactive ketones (excluding diaryl/α,β-unsaturated/α-hetero) is 1. The van der Waals surface area contributed by atoms with E-state index in [2.05, 4.69) is 25.0 Å². The van der Waals surface area contributed by atoms with E-state index in [1.54, 1.807) is 17.5 Å². The molecular formula is C12H12N6OS. The summed E-state index contributed by atoms with van der Waals surface area (Å²) in [6.07, 6.45) is 5.71. The first-order chi connectivity index (χ1) is 9.69. The van der Waals surface area contributed by atoms with Gasteiger partial charge in [-0.15, -0.1) is 11.3 Å². The van der Waals surface area contributed by atoms with Crippen LogP contribution in [-0.4, -0.2) is 20.7 Å². The van der Waals surface area contributed by atoms with Gasteiger partial charge in [0.1, 0.15) is 5.69 Å². The largest absolute Gasteiger partial charge is 0.292 e. The summed E-state index contributed by atoms with van der Waals surface area (Å²) in [6.45, 7) is 2.07. The van der Waals surface area contributed by atoms with Crippen LogP contribution in [0.15, 0.2) is 23.7 Å². The van der Waals surface area contributed by atoms with E-state index in [1.807, 2.05) is 6.92 Å². The molecule has 0 bridgehead atoms. The van der Waals surface area contributed by atoms with Crippen molar-refractivity contribution < 1.29 is 4.79 Å². The van der Waals surface area contributed by atoms with Crippen molar-refractivity contribution in [3.8, 4) is 0 Å². The zero-order valence-electron chi connectivity index (χ0n) is 10.9. The van der Waals surface area contributed by atoms with Crippen molar-refractivity contribution in [2.75, 3.05) is 0 Å². The van der Waals surface area contributed by atoms with Crippen molar-refractivity contribution in [1.29, 1.82) is 0 Å². The molecule has 0 spiro atoms. The maximum Gasteiger partial charge on any atom is 0.183 e. The molecule has 0 saturated carbocycles. The maximum absolute atomic E-state index is 11.9. The van der Waals surface area contributed by atoms with Gasteiger partial charge in [0.05, 0.1) is 23.4 Å². The number of rotatable bonds is 6. The highest BCUT2D eigenvalue weighted by Gasteiger charge is 2.09. The number of aromatic nitrogens is 3. The van der Waals surface area contributed by atoms with Gasteiger partial charge in [0.25, 0.3) is 0 Å². The van der Waals surface area contributed by atoms with Gasteiger partial charge in [-0.05, 0) is 18.9 Å². The molecule has 0 aromatic carbocycles. The molecular weight excluding hydrogens is 276 g/mol. The second-order valence-electron chi connectivity index (χ2n) is 4.05. The summed E-state index contributed by atoms with van der Waals surface area (Å²) in [7, 11) is 0. The highest BCUT2D eigenvalue weighted by Crippen LogP contribution is 2.14. The summed E-state index contributed by atoms with van der Waals surface area (Å²) in [5, 5.41) is 4.38. The molecule has 102 valence electrons. The van der Waals surface area contributed by atoms with Crippen LogP contribution in [0, 0.1) is 6.92 Å². The van der Waals surface area contributed by atoms with Crippen molar-refractivity contribution in [1.82, 2.24) is 15.0 Å². The van der Waals surface area contributed by atoms with Crippen LogP contribution in [-0.2, 0) is 13.0 Å². The number of hydrogen-bond acceptors (Lipinski definition) is 6. The number of aryl methyl sites for hydroxylation is 2. The molecule has 2 rings (SSSR count). The standard InChI is InChI=1S/C12H12N6OS/c1-8-14-6-10(20-8)2-3-12(19)11-7-15-9(4-16-11)5-17-18-13/h4,6-7H,2-3,5H2,1H3. The lowest BCUT2D eigenvalue weighted by atomic mass is 10.1. The van der Waals surface area contributed by atoms with Crippen LogP contribution in [0.25, 0.3) is 10.4 Å². The van der Waals surface area contributed by atoms with Gasteiger partial charge >= 0.3 is 0 Å². The van der Waals surface area contributed by atoms with Crippen LogP contribution in [0.5, 0.6) is 0 Å². The van der Waals surface area contributed by atoms with E-state index in [0.717, 1.165) is 9.88 Å². The van der Waals surface area contributed by atoms with E-state index in [-0.39, 0.29) is 12.3 Å². The third-order valence-corrected chi connectivity index (χ3v) is 3.53. The van der Waals surface area contributed by atoms with Gasteiger partial charge in [-0.1, -0.05) is 5.11 Å². The summed E-state index contributed by atoms with van der Waals surface area (Å²) in [6, 6.07) is 0. The van der Waals surface area contributed by atoms with Crippen LogP contribution in [0.4, 0.5) is 0 Å². The first kappa shape index (κ1) is 14.1. The Kier molecular flexibility index (Phi) is 4.75. The van der Waals surface area contributed by atoms with Gasteiger partial charge in [0.2, 0.25) is 0 Å². The average Bonchev–Trinajstić information content (AvgIpc) is 2.89. The molecule has 0 N–H and O–H groups in total. The summed E-state index contributed by atoms with van der Waals surface area (Å²) in [5.41, 5.74) is 9.07. The van der Waals surface area contributed by atoms with E-state index >= 15 is 0 Å². The highest BCUT2D eigenvalue weighted by atomic mass is 32.1. The third kappa shape index (κ3) is 3.84. The monoisotopic (exact) mass is 288 g/mol. The van der Waals surface area contributed by atoms with Crippen LogP contribution in [0.2, 0.25) is 0 Å². The number of carbonyl (C=O) groups is 1. The zero-order chi connectivity index (χ0) is 14.4. The average molecular weight is 288 g/mol. The van der Waals surface area contributed by atoms with Crippen LogP contribution in [0.1, 0.15) is 32.5 Å². The Labute approximate surface area is 119 Å². The molecule has 0 atom stereocenters. The Morgan fingerprint density at radius 2 is 2.20 bits per heavy atom. The predicted octanol–water partition coefficient (Wildman–Crippen LogP) is 2.87. The molecule has 0 fully saturated rings. The SMILES string of the molecule is Cc1ncc(CCC(=O)c2cnc(CN=[N+]=[N-])cn2)s1. The molecule has 0 unspecified atom stereocenters. The second-order valence-corrected chi connectivity index (χ2v) is 5.37. The Balaban J connectivity index is 1.93. The summed E-state index contributed by atoms with van der Waals surface area (Å²) in [4.78, 5) is 27.9. The lowest BCUT2D eigenvalue weighted by molar-refractivity contribution is 0.0978. The fourth-order valence-corrected chi connectivity index (χ4v) is 2.36. The van der Waals surface area contributed by atoms with Crippen molar-refractivity contribution in [3.05, 3.63) is 50.3 Å². The minimum Gasteiger partial charge on any atom is -0.292 e. The molecule has 0 aliphatic heterocycles. The van der Waals surface area contributed by atoms with E-state index < -0.39 is 0 Å². The quantitative estimate of drug-likeness (QED) is 0.352. The maximum atomic E-state index is 11.9. The highest BCUT2D eigenvalue weighted by molar-refractivity contribution is 7.11. The van der Waals surface area contributed by atoms with E-state index in [0.29, 0.717) is 24.2 Å². The number of hydrogen-bond donors (Lipinski definition) is 0. The third-order valence-electron chi connectivity index (χ3n) is 2.55. The molecule has 0 aliphatic rings. The fraction of sp³-hybridized carbons (Fsp3) is 0.333. The Morgan fingerprint density at radius 1 is 1.35 bits per heavy atom. The van der Waals surface area contributed by atoms with Crippen molar-refractivity contribution >= 4 is 17.1 Å². The molecule has 0 saturated heterocycles. The molecule has 20 heavy (non-hydrogen) atoms. The van der Waals surface area contributed by atoms with E-state index in [1.165, 1.54) is 12.4 Å². The van der Waals surface area contributed by atoms with Gasteiger partial charge < -0.3 is 0 Å². The van der Waals surface area contributed by atoms with Gasteiger partial charge in [-0.25, -0.2) is 9.97 Å².